The van der Waals surface area contributed by atoms with Gasteiger partial charge in [0.2, 0.25) is 0 Å². The second kappa shape index (κ2) is 12.4. The number of non-ortho nitro benzene ring substituents is 1. The fraction of sp³-hybridized carbons (Fsp3) is 0.385. The molecule has 0 spiro atoms. The molecule has 40 heavy (non-hydrogen) atoms. The first-order chi connectivity index (χ1) is 18.8. The molecular formula is C26H31N3O10S. The normalized spacial score (nSPS) is 18.7. The van der Waals surface area contributed by atoms with Crippen molar-refractivity contribution in [3.05, 3.63) is 63.7 Å². The van der Waals surface area contributed by atoms with Gasteiger partial charge >= 0.3 is 5.97 Å². The highest BCUT2D eigenvalue weighted by atomic mass is 32.2. The zero-order valence-electron chi connectivity index (χ0n) is 22.6. The lowest BCUT2D eigenvalue weighted by Crippen LogP contribution is -2.42. The molecule has 0 bridgehead atoms. The molecule has 0 aromatic heterocycles. The maximum atomic E-state index is 14.2. The number of rotatable bonds is 11. The minimum atomic E-state index is -4.41. The van der Waals surface area contributed by atoms with Crippen LogP contribution in [0.3, 0.4) is 0 Å². The van der Waals surface area contributed by atoms with E-state index in [1.54, 1.807) is 39.8 Å². The number of carbonyl (C=O) groups is 1. The molecule has 1 aliphatic heterocycles. The van der Waals surface area contributed by atoms with Crippen molar-refractivity contribution >= 4 is 39.7 Å². The smallest absolute Gasteiger partial charge is 0.330 e. The Balaban J connectivity index is 2.24. The van der Waals surface area contributed by atoms with Crippen molar-refractivity contribution in [1.29, 1.82) is 0 Å². The van der Waals surface area contributed by atoms with Gasteiger partial charge in [-0.05, 0) is 63.6 Å². The van der Waals surface area contributed by atoms with Crippen LogP contribution in [-0.4, -0.2) is 69.0 Å². The first-order valence-corrected chi connectivity index (χ1v) is 13.6. The summed E-state index contributed by atoms with van der Waals surface area (Å²) in [4.78, 5) is 22.4. The molecule has 1 N–H and O–H groups in total. The summed E-state index contributed by atoms with van der Waals surface area (Å²) in [6, 6.07) is 7.69. The van der Waals surface area contributed by atoms with Gasteiger partial charge in [-0.1, -0.05) is 5.16 Å². The molecule has 216 valence electrons. The van der Waals surface area contributed by atoms with Gasteiger partial charge in [-0.15, -0.1) is 0 Å². The number of sulfonamides is 1. The van der Waals surface area contributed by atoms with Gasteiger partial charge in [-0.3, -0.25) is 14.4 Å². The summed E-state index contributed by atoms with van der Waals surface area (Å²) in [6.45, 7) is 6.46. The van der Waals surface area contributed by atoms with Crippen molar-refractivity contribution in [3.8, 4) is 5.75 Å². The average Bonchev–Trinajstić information content (AvgIpc) is 3.18. The van der Waals surface area contributed by atoms with E-state index in [-0.39, 0.29) is 40.7 Å². The van der Waals surface area contributed by atoms with E-state index in [1.165, 1.54) is 13.2 Å². The third-order valence-electron chi connectivity index (χ3n) is 5.84. The summed E-state index contributed by atoms with van der Waals surface area (Å²) in [5.41, 5.74) is 0.733. The number of esters is 1. The van der Waals surface area contributed by atoms with Gasteiger partial charge in [0.05, 0.1) is 42.0 Å². The van der Waals surface area contributed by atoms with Crippen molar-refractivity contribution < 1.29 is 42.3 Å². The lowest BCUT2D eigenvalue weighted by molar-refractivity contribution is -0.384. The number of aryl methyl sites for hydroxylation is 1. The fourth-order valence-electron chi connectivity index (χ4n) is 4.18. The molecule has 3 rings (SSSR count). The quantitative estimate of drug-likeness (QED) is 0.104. The van der Waals surface area contributed by atoms with E-state index in [0.717, 1.165) is 40.9 Å². The second-order valence-corrected chi connectivity index (χ2v) is 11.0. The molecule has 1 fully saturated rings. The third-order valence-corrected chi connectivity index (χ3v) is 7.64. The van der Waals surface area contributed by atoms with E-state index >= 15 is 0 Å². The van der Waals surface area contributed by atoms with Crippen molar-refractivity contribution in [2.75, 3.05) is 24.6 Å². The molecule has 1 heterocycles. The predicted molar refractivity (Wildman–Crippen MR) is 145 cm³/mol. The Kier molecular flexibility index (Phi) is 9.50. The minimum Gasteiger partial charge on any atom is -0.496 e. The molecule has 2 aromatic rings. The molecule has 14 heteroatoms. The highest BCUT2D eigenvalue weighted by Crippen LogP contribution is 2.38. The van der Waals surface area contributed by atoms with Crippen LogP contribution in [0.15, 0.2) is 52.5 Å². The zero-order valence-corrected chi connectivity index (χ0v) is 23.5. The predicted octanol–water partition coefficient (Wildman–Crippen LogP) is 3.66. The number of ether oxygens (including phenoxy) is 4. The van der Waals surface area contributed by atoms with Crippen LogP contribution in [0.2, 0.25) is 0 Å². The third kappa shape index (κ3) is 6.94. The summed E-state index contributed by atoms with van der Waals surface area (Å²) in [7, 11) is -3.01. The Morgan fingerprint density at radius 2 is 1.93 bits per heavy atom. The number of carbonyl (C=O) groups excluding carboxylic acids is 1. The Bertz CT molecular complexity index is 1400. The number of methoxy groups -OCH3 is 1. The fourth-order valence-corrected chi connectivity index (χ4v) is 5.67. The van der Waals surface area contributed by atoms with Gasteiger partial charge in [0.25, 0.3) is 15.7 Å². The molecule has 0 amide bonds. The Labute approximate surface area is 231 Å². The van der Waals surface area contributed by atoms with Gasteiger partial charge in [-0.2, -0.15) is 0 Å². The molecule has 0 saturated carbocycles. The Hall–Kier alpha value is -4.01. The molecule has 2 aromatic carbocycles. The standard InChI is InChI=1S/C26H31N3O10S/c1-6-37-25(30)12-11-20-21(13-17(2)14-22(20)36-5)28(16-24-23(15-27-31)38-26(3,4)39-24)40(34,35)19-9-7-18(8-10-19)29(32)33/h7-15,23-24,31H,6,16H2,1-5H3/b12-11+,27-15+/t23-,24-/m0/s1. The Morgan fingerprint density at radius 1 is 1.25 bits per heavy atom. The maximum absolute atomic E-state index is 14.2. The lowest BCUT2D eigenvalue weighted by Gasteiger charge is -2.30. The van der Waals surface area contributed by atoms with E-state index in [1.807, 2.05) is 0 Å². The maximum Gasteiger partial charge on any atom is 0.330 e. The van der Waals surface area contributed by atoms with Gasteiger partial charge in [0.15, 0.2) is 5.79 Å². The average molecular weight is 578 g/mol. The van der Waals surface area contributed by atoms with Crippen LogP contribution >= 0.6 is 0 Å². The van der Waals surface area contributed by atoms with Crippen LogP contribution < -0.4 is 9.04 Å². The van der Waals surface area contributed by atoms with E-state index in [2.05, 4.69) is 5.16 Å². The van der Waals surface area contributed by atoms with Crippen molar-refractivity contribution in [3.63, 3.8) is 0 Å². The molecule has 0 radical (unpaired) electrons. The minimum absolute atomic E-state index is 0.128. The number of anilines is 1. The first-order valence-electron chi connectivity index (χ1n) is 12.2. The van der Waals surface area contributed by atoms with E-state index in [4.69, 9.17) is 24.2 Å². The van der Waals surface area contributed by atoms with Crippen LogP contribution in [0, 0.1) is 17.0 Å². The highest BCUT2D eigenvalue weighted by Gasteiger charge is 2.43. The van der Waals surface area contributed by atoms with Crippen LogP contribution in [0.25, 0.3) is 6.08 Å². The number of hydrogen-bond donors (Lipinski definition) is 1. The topological polar surface area (TPSA) is 167 Å². The van der Waals surface area contributed by atoms with Gasteiger partial charge in [-0.25, -0.2) is 13.2 Å². The molecular weight excluding hydrogens is 546 g/mol. The summed E-state index contributed by atoms with van der Waals surface area (Å²) >= 11 is 0. The Morgan fingerprint density at radius 3 is 2.50 bits per heavy atom. The second-order valence-electron chi connectivity index (χ2n) is 9.18. The first kappa shape index (κ1) is 30.5. The van der Waals surface area contributed by atoms with Gasteiger partial charge < -0.3 is 24.2 Å². The number of nitro benzene ring substituents is 1. The number of benzene rings is 2. The van der Waals surface area contributed by atoms with E-state index in [0.29, 0.717) is 5.56 Å². The van der Waals surface area contributed by atoms with E-state index < -0.39 is 38.9 Å². The molecule has 0 aliphatic carbocycles. The van der Waals surface area contributed by atoms with Crippen LogP contribution in [-0.2, 0) is 29.0 Å². The van der Waals surface area contributed by atoms with Gasteiger partial charge in [0, 0.05) is 23.8 Å². The molecule has 2 atom stereocenters. The number of hydrogen-bond acceptors (Lipinski definition) is 11. The SMILES string of the molecule is CCOC(=O)/C=C/c1c(OC)cc(C)cc1N(C[C@@H]1OC(C)(C)O[C@H]1/C=N/O)S(=O)(=O)c1ccc([N+](=O)[O-])cc1. The molecule has 13 nitrogen and oxygen atoms in total. The van der Waals surface area contributed by atoms with Crippen LogP contribution in [0.1, 0.15) is 31.9 Å². The van der Waals surface area contributed by atoms with Crippen LogP contribution in [0.5, 0.6) is 5.75 Å². The molecule has 1 aliphatic rings. The number of oxime groups is 1. The summed E-state index contributed by atoms with van der Waals surface area (Å²) in [6.07, 6.45) is 1.77. The summed E-state index contributed by atoms with van der Waals surface area (Å²) in [5.74, 6) is -1.50. The number of nitrogens with zero attached hydrogens (tertiary/aromatic N) is 3. The lowest BCUT2D eigenvalue weighted by atomic mass is 10.1. The van der Waals surface area contributed by atoms with Crippen molar-refractivity contribution in [1.82, 2.24) is 0 Å². The van der Waals surface area contributed by atoms with Gasteiger partial charge in [0.1, 0.15) is 18.0 Å². The van der Waals surface area contributed by atoms with E-state index in [9.17, 15) is 23.3 Å². The summed E-state index contributed by atoms with van der Waals surface area (Å²) < 4.78 is 51.6. The van der Waals surface area contributed by atoms with Crippen molar-refractivity contribution in [2.24, 2.45) is 5.16 Å². The van der Waals surface area contributed by atoms with Crippen LogP contribution in [0.4, 0.5) is 11.4 Å². The summed E-state index contributed by atoms with van der Waals surface area (Å²) in [5, 5.41) is 23.4. The largest absolute Gasteiger partial charge is 0.496 e. The molecule has 1 saturated heterocycles. The highest BCUT2D eigenvalue weighted by molar-refractivity contribution is 7.92. The monoisotopic (exact) mass is 577 g/mol. The van der Waals surface area contributed by atoms with Crippen molar-refractivity contribution in [2.45, 2.75) is 50.6 Å². The zero-order chi connectivity index (χ0) is 29.7. The molecule has 0 unspecified atom stereocenters. The number of nitro groups is 1.